The van der Waals surface area contributed by atoms with Crippen molar-refractivity contribution in [2.75, 3.05) is 30.3 Å². The van der Waals surface area contributed by atoms with E-state index >= 15 is 0 Å². The van der Waals surface area contributed by atoms with Gasteiger partial charge >= 0.3 is 0 Å². The highest BCUT2D eigenvalue weighted by Crippen LogP contribution is 2.28. The lowest BCUT2D eigenvalue weighted by Gasteiger charge is -2.34. The van der Waals surface area contributed by atoms with E-state index in [4.69, 9.17) is 23.2 Å². The topological polar surface area (TPSA) is 81.8 Å². The van der Waals surface area contributed by atoms with Crippen LogP contribution in [0.2, 0.25) is 10.0 Å². The molecule has 3 N–H and O–H groups in total. The van der Waals surface area contributed by atoms with Crippen LogP contribution in [-0.2, 0) is 0 Å². The first-order chi connectivity index (χ1) is 14.4. The number of H-pyrrole nitrogens is 1. The number of nitrogens with zero attached hydrogens (tertiary/aromatic N) is 4. The van der Waals surface area contributed by atoms with E-state index in [1.165, 1.54) is 13.0 Å². The van der Waals surface area contributed by atoms with Gasteiger partial charge in [0.2, 0.25) is 11.9 Å². The summed E-state index contributed by atoms with van der Waals surface area (Å²) in [7, 11) is 0. The summed E-state index contributed by atoms with van der Waals surface area (Å²) in [5, 5.41) is 7.71. The number of hydrogen-bond donors (Lipinski definition) is 3. The van der Waals surface area contributed by atoms with E-state index in [1.54, 1.807) is 12.1 Å². The molecule has 1 aliphatic rings. The summed E-state index contributed by atoms with van der Waals surface area (Å²) in [5.41, 5.74) is 2.41. The van der Waals surface area contributed by atoms with Gasteiger partial charge in [0, 0.05) is 30.9 Å². The Morgan fingerprint density at radius 2 is 1.97 bits per heavy atom. The first-order valence-electron chi connectivity index (χ1n) is 10.3. The number of imidazole rings is 1. The zero-order valence-electron chi connectivity index (χ0n) is 17.5. The number of piperidine rings is 1. The smallest absolute Gasteiger partial charge is 0.231 e. The largest absolute Gasteiger partial charge is 0.366 e. The third-order valence-corrected chi connectivity index (χ3v) is 5.81. The second kappa shape index (κ2) is 8.96. The predicted octanol–water partition coefficient (Wildman–Crippen LogP) is 5.24. The van der Waals surface area contributed by atoms with E-state index in [-0.39, 0.29) is 0 Å². The van der Waals surface area contributed by atoms with Crippen LogP contribution in [-0.4, -0.2) is 50.5 Å². The van der Waals surface area contributed by atoms with Gasteiger partial charge in [0.05, 0.1) is 21.1 Å². The van der Waals surface area contributed by atoms with Gasteiger partial charge in [0.1, 0.15) is 5.82 Å². The van der Waals surface area contributed by atoms with Gasteiger partial charge in [0.25, 0.3) is 0 Å². The average molecular weight is 448 g/mol. The number of likely N-dealkylation sites (tertiary alicyclic amines) is 1. The molecule has 0 amide bonds. The molecule has 7 nitrogen and oxygen atoms in total. The number of halogens is 2. The highest BCUT2D eigenvalue weighted by atomic mass is 35.5. The van der Waals surface area contributed by atoms with E-state index in [1.807, 2.05) is 13.0 Å². The molecule has 1 fully saturated rings. The number of hydrogen-bond acceptors (Lipinski definition) is 6. The van der Waals surface area contributed by atoms with Crippen LogP contribution in [0.4, 0.5) is 17.7 Å². The zero-order valence-corrected chi connectivity index (χ0v) is 19.0. The van der Waals surface area contributed by atoms with E-state index in [0.29, 0.717) is 33.9 Å². The molecule has 4 rings (SSSR count). The Morgan fingerprint density at radius 3 is 2.77 bits per heavy atom. The molecule has 2 aromatic heterocycles. The van der Waals surface area contributed by atoms with Gasteiger partial charge in [-0.1, -0.05) is 37.0 Å². The van der Waals surface area contributed by atoms with Crippen LogP contribution in [0, 0.1) is 12.8 Å². The molecule has 0 bridgehead atoms. The van der Waals surface area contributed by atoms with Crippen LogP contribution < -0.4 is 10.6 Å². The average Bonchev–Trinajstić information content (AvgIpc) is 3.02. The molecule has 1 unspecified atom stereocenters. The summed E-state index contributed by atoms with van der Waals surface area (Å²) in [6.45, 7) is 9.84. The molecule has 0 radical (unpaired) electrons. The maximum atomic E-state index is 6.09. The molecule has 1 aliphatic heterocycles. The molecule has 1 aromatic carbocycles. The predicted molar refractivity (Wildman–Crippen MR) is 124 cm³/mol. The second-order valence-electron chi connectivity index (χ2n) is 8.35. The monoisotopic (exact) mass is 447 g/mol. The van der Waals surface area contributed by atoms with Crippen LogP contribution in [0.3, 0.4) is 0 Å². The van der Waals surface area contributed by atoms with Crippen molar-refractivity contribution in [1.29, 1.82) is 0 Å². The maximum absolute atomic E-state index is 6.09. The third-order valence-electron chi connectivity index (χ3n) is 5.09. The van der Waals surface area contributed by atoms with E-state index in [2.05, 4.69) is 49.3 Å². The SMILES string of the molecule is Cc1cc(NC2CCCN(CC(C)C)C2)nc(Nc2nc3cc(Cl)c(Cl)cc3[nH]2)n1. The molecular weight excluding hydrogens is 421 g/mol. The Morgan fingerprint density at radius 1 is 1.17 bits per heavy atom. The summed E-state index contributed by atoms with van der Waals surface area (Å²) in [5.74, 6) is 2.53. The summed E-state index contributed by atoms with van der Waals surface area (Å²) in [4.78, 5) is 19.4. The second-order valence-corrected chi connectivity index (χ2v) is 9.16. The highest BCUT2D eigenvalue weighted by molar-refractivity contribution is 6.42. The quantitative estimate of drug-likeness (QED) is 0.478. The van der Waals surface area contributed by atoms with Crippen molar-refractivity contribution < 1.29 is 0 Å². The van der Waals surface area contributed by atoms with E-state index in [9.17, 15) is 0 Å². The van der Waals surface area contributed by atoms with Gasteiger partial charge in [-0.3, -0.25) is 5.32 Å². The van der Waals surface area contributed by atoms with Crippen LogP contribution in [0.5, 0.6) is 0 Å². The van der Waals surface area contributed by atoms with Gasteiger partial charge < -0.3 is 15.2 Å². The van der Waals surface area contributed by atoms with Gasteiger partial charge in [-0.25, -0.2) is 9.97 Å². The van der Waals surface area contributed by atoms with Crippen LogP contribution in [0.1, 0.15) is 32.4 Å². The number of aryl methyl sites for hydroxylation is 1. The van der Waals surface area contributed by atoms with Crippen LogP contribution in [0.25, 0.3) is 11.0 Å². The van der Waals surface area contributed by atoms with Gasteiger partial charge in [-0.15, -0.1) is 0 Å². The Labute approximate surface area is 186 Å². The fourth-order valence-electron chi connectivity index (χ4n) is 3.93. The number of benzene rings is 1. The van der Waals surface area contributed by atoms with Crippen molar-refractivity contribution in [2.24, 2.45) is 5.92 Å². The molecular formula is C21H27Cl2N7. The molecule has 160 valence electrons. The van der Waals surface area contributed by atoms with Crippen molar-refractivity contribution in [3.63, 3.8) is 0 Å². The molecule has 3 heterocycles. The first-order valence-corrected chi connectivity index (χ1v) is 11.1. The third kappa shape index (κ3) is 5.14. The number of rotatable bonds is 6. The van der Waals surface area contributed by atoms with Crippen molar-refractivity contribution in [1.82, 2.24) is 24.8 Å². The summed E-state index contributed by atoms with van der Waals surface area (Å²) >= 11 is 12.2. The molecule has 1 saturated heterocycles. The van der Waals surface area contributed by atoms with Gasteiger partial charge in [-0.2, -0.15) is 4.98 Å². The first kappa shape index (κ1) is 21.2. The van der Waals surface area contributed by atoms with Crippen LogP contribution >= 0.6 is 23.2 Å². The minimum Gasteiger partial charge on any atom is -0.366 e. The van der Waals surface area contributed by atoms with Crippen molar-refractivity contribution in [3.8, 4) is 0 Å². The van der Waals surface area contributed by atoms with Gasteiger partial charge in [0.15, 0.2) is 0 Å². The highest BCUT2D eigenvalue weighted by Gasteiger charge is 2.21. The van der Waals surface area contributed by atoms with Crippen LogP contribution in [0.15, 0.2) is 18.2 Å². The van der Waals surface area contributed by atoms with E-state index < -0.39 is 0 Å². The van der Waals surface area contributed by atoms with E-state index in [0.717, 1.165) is 42.1 Å². The number of aromatic nitrogens is 4. The maximum Gasteiger partial charge on any atom is 0.231 e. The fraction of sp³-hybridized carbons (Fsp3) is 0.476. The Kier molecular flexibility index (Phi) is 6.32. The van der Waals surface area contributed by atoms with Crippen molar-refractivity contribution in [3.05, 3.63) is 33.9 Å². The standard InChI is InChI=1S/C21H27Cl2N7/c1-12(2)10-30-6-4-5-14(11-30)25-19-7-13(3)24-20(28-19)29-21-26-17-8-15(22)16(23)9-18(17)27-21/h7-9,12,14H,4-6,10-11H2,1-3H3,(H3,24,25,26,27,28,29). The molecule has 0 spiro atoms. The number of aromatic amines is 1. The van der Waals surface area contributed by atoms with Gasteiger partial charge in [-0.05, 0) is 44.4 Å². The molecule has 3 aromatic rings. The summed E-state index contributed by atoms with van der Waals surface area (Å²) in [6, 6.07) is 5.85. The number of anilines is 3. The summed E-state index contributed by atoms with van der Waals surface area (Å²) < 4.78 is 0. The van der Waals surface area contributed by atoms with Crippen molar-refractivity contribution >= 4 is 51.9 Å². The summed E-state index contributed by atoms with van der Waals surface area (Å²) in [6.07, 6.45) is 2.34. The minimum absolute atomic E-state index is 0.384. The molecule has 9 heteroatoms. The lowest BCUT2D eigenvalue weighted by molar-refractivity contribution is 0.195. The molecule has 1 atom stereocenters. The fourth-order valence-corrected chi connectivity index (χ4v) is 4.25. The lowest BCUT2D eigenvalue weighted by Crippen LogP contribution is -2.43. The molecule has 0 aliphatic carbocycles. The molecule has 0 saturated carbocycles. The lowest BCUT2D eigenvalue weighted by atomic mass is 10.0. The Bertz CT molecular complexity index is 995. The number of nitrogens with one attached hydrogen (secondary N) is 3. The molecule has 30 heavy (non-hydrogen) atoms. The Balaban J connectivity index is 1.48. The Hall–Kier alpha value is -2.09. The minimum atomic E-state index is 0.384. The number of fused-ring (bicyclic) bond motifs is 1. The normalized spacial score (nSPS) is 17.6. The zero-order chi connectivity index (χ0) is 21.3. The van der Waals surface area contributed by atoms with Crippen molar-refractivity contribution in [2.45, 2.75) is 39.7 Å².